The number of nitrogens with zero attached hydrogens (tertiary/aromatic N) is 1. The summed E-state index contributed by atoms with van der Waals surface area (Å²) in [5.41, 5.74) is 8.42. The largest absolute Gasteiger partial charge is 0.379 e. The van der Waals surface area contributed by atoms with Gasteiger partial charge in [-0.1, -0.05) is 45.0 Å². The Hall–Kier alpha value is -1.45. The zero-order chi connectivity index (χ0) is 14.0. The van der Waals surface area contributed by atoms with Crippen LogP contribution in [0.2, 0.25) is 0 Å². The van der Waals surface area contributed by atoms with Crippen LogP contribution in [-0.2, 0) is 4.74 Å². The lowest BCUT2D eigenvalue weighted by atomic mass is 9.82. The molecule has 19 heavy (non-hydrogen) atoms. The van der Waals surface area contributed by atoms with Crippen molar-refractivity contribution in [3.8, 4) is 0 Å². The molecule has 0 spiro atoms. The molecule has 2 atom stereocenters. The average molecular weight is 258 g/mol. The molecule has 102 valence electrons. The minimum atomic E-state index is -0.191. The number of ether oxygens (including phenoxy) is 1. The van der Waals surface area contributed by atoms with Crippen LogP contribution in [0.4, 0.5) is 0 Å². The van der Waals surface area contributed by atoms with Crippen LogP contribution in [-0.4, -0.2) is 18.2 Å². The number of hydrogen-bond donors (Lipinski definition) is 1. The van der Waals surface area contributed by atoms with Gasteiger partial charge in [-0.25, -0.2) is 0 Å². The first-order valence-corrected chi connectivity index (χ1v) is 6.57. The Morgan fingerprint density at radius 1 is 1.16 bits per heavy atom. The first-order valence-electron chi connectivity index (χ1n) is 6.57. The molecule has 0 radical (unpaired) electrons. The molecule has 2 rings (SSSR count). The molecule has 1 heterocycles. The smallest absolute Gasteiger partial charge is 0.0812 e. The summed E-state index contributed by atoms with van der Waals surface area (Å²) in [6, 6.07) is 9.92. The molecule has 0 aliphatic heterocycles. The molecule has 1 aromatic heterocycles. The van der Waals surface area contributed by atoms with E-state index in [1.165, 1.54) is 0 Å². The fourth-order valence-corrected chi connectivity index (χ4v) is 2.60. The number of para-hydroxylation sites is 1. The summed E-state index contributed by atoms with van der Waals surface area (Å²) in [5.74, 6) is 0. The first kappa shape index (κ1) is 14.0. The number of nitrogens with two attached hydrogens (primary N) is 1. The maximum Gasteiger partial charge on any atom is 0.0812 e. The van der Waals surface area contributed by atoms with Gasteiger partial charge < -0.3 is 10.5 Å². The third-order valence-electron chi connectivity index (χ3n) is 3.46. The molecule has 0 aliphatic rings. The van der Waals surface area contributed by atoms with Crippen LogP contribution in [0.3, 0.4) is 0 Å². The van der Waals surface area contributed by atoms with E-state index in [4.69, 9.17) is 10.5 Å². The molecule has 2 N–H and O–H groups in total. The fourth-order valence-electron chi connectivity index (χ4n) is 2.60. The van der Waals surface area contributed by atoms with E-state index in [1.807, 2.05) is 18.2 Å². The number of rotatable bonds is 3. The van der Waals surface area contributed by atoms with Crippen molar-refractivity contribution in [2.45, 2.75) is 32.9 Å². The summed E-state index contributed by atoms with van der Waals surface area (Å²) in [4.78, 5) is 4.47. The second kappa shape index (κ2) is 5.27. The van der Waals surface area contributed by atoms with Crippen LogP contribution in [0.1, 0.15) is 32.4 Å². The third-order valence-corrected chi connectivity index (χ3v) is 3.46. The van der Waals surface area contributed by atoms with Crippen molar-refractivity contribution in [3.63, 3.8) is 0 Å². The summed E-state index contributed by atoms with van der Waals surface area (Å²) < 4.78 is 5.63. The Labute approximate surface area is 114 Å². The highest BCUT2D eigenvalue weighted by Gasteiger charge is 2.32. The molecule has 0 aliphatic carbocycles. The van der Waals surface area contributed by atoms with E-state index in [9.17, 15) is 0 Å². The molecule has 0 amide bonds. The summed E-state index contributed by atoms with van der Waals surface area (Å²) >= 11 is 0. The molecule has 2 unspecified atom stereocenters. The van der Waals surface area contributed by atoms with Gasteiger partial charge in [0.25, 0.3) is 0 Å². The number of methoxy groups -OCH3 is 1. The topological polar surface area (TPSA) is 48.1 Å². The van der Waals surface area contributed by atoms with Crippen molar-refractivity contribution in [2.75, 3.05) is 7.11 Å². The van der Waals surface area contributed by atoms with E-state index in [-0.39, 0.29) is 17.6 Å². The van der Waals surface area contributed by atoms with Gasteiger partial charge in [0.05, 0.1) is 17.7 Å². The number of aromatic nitrogens is 1. The van der Waals surface area contributed by atoms with Gasteiger partial charge in [-0.15, -0.1) is 0 Å². The van der Waals surface area contributed by atoms with E-state index in [0.717, 1.165) is 16.5 Å². The lowest BCUT2D eigenvalue weighted by Crippen LogP contribution is -2.38. The van der Waals surface area contributed by atoms with Crippen molar-refractivity contribution in [1.82, 2.24) is 4.98 Å². The van der Waals surface area contributed by atoms with Crippen LogP contribution >= 0.6 is 0 Å². The van der Waals surface area contributed by atoms with E-state index in [0.29, 0.717) is 0 Å². The number of pyridine rings is 1. The average Bonchev–Trinajstić information content (AvgIpc) is 2.37. The van der Waals surface area contributed by atoms with Gasteiger partial charge in [0.15, 0.2) is 0 Å². The fraction of sp³-hybridized carbons (Fsp3) is 0.438. The van der Waals surface area contributed by atoms with Gasteiger partial charge >= 0.3 is 0 Å². The van der Waals surface area contributed by atoms with Crippen LogP contribution in [0.15, 0.2) is 36.5 Å². The minimum absolute atomic E-state index is 0.0227. The van der Waals surface area contributed by atoms with Crippen molar-refractivity contribution < 1.29 is 4.74 Å². The summed E-state index contributed by atoms with van der Waals surface area (Å²) in [6.45, 7) is 6.42. The van der Waals surface area contributed by atoms with E-state index in [2.05, 4.69) is 37.9 Å². The van der Waals surface area contributed by atoms with Gasteiger partial charge in [0, 0.05) is 18.7 Å². The highest BCUT2D eigenvalue weighted by Crippen LogP contribution is 2.33. The molecule has 3 heteroatoms. The van der Waals surface area contributed by atoms with Crippen LogP contribution in [0.5, 0.6) is 0 Å². The molecule has 0 bridgehead atoms. The number of benzene rings is 1. The molecule has 0 fully saturated rings. The zero-order valence-electron chi connectivity index (χ0n) is 12.1. The van der Waals surface area contributed by atoms with Crippen molar-refractivity contribution >= 4 is 10.9 Å². The highest BCUT2D eigenvalue weighted by atomic mass is 16.5. The number of fused-ring (bicyclic) bond motifs is 1. The van der Waals surface area contributed by atoms with Crippen molar-refractivity contribution in [3.05, 3.63) is 42.1 Å². The summed E-state index contributed by atoms with van der Waals surface area (Å²) in [5, 5.41) is 1.11. The van der Waals surface area contributed by atoms with E-state index in [1.54, 1.807) is 13.3 Å². The van der Waals surface area contributed by atoms with E-state index < -0.39 is 0 Å². The van der Waals surface area contributed by atoms with Gasteiger partial charge in [0.2, 0.25) is 0 Å². The maximum absolute atomic E-state index is 6.44. The Bertz CT molecular complexity index is 555. The molecular formula is C16H22N2O. The minimum Gasteiger partial charge on any atom is -0.379 e. The van der Waals surface area contributed by atoms with Gasteiger partial charge in [-0.3, -0.25) is 4.98 Å². The SMILES string of the molecule is COC(C(N)c1cccc2cccnc12)C(C)(C)C. The third kappa shape index (κ3) is 2.77. The quantitative estimate of drug-likeness (QED) is 0.919. The van der Waals surface area contributed by atoms with Gasteiger partial charge in [0.1, 0.15) is 0 Å². The first-order chi connectivity index (χ1) is 8.95. The van der Waals surface area contributed by atoms with Gasteiger partial charge in [-0.05, 0) is 17.0 Å². The van der Waals surface area contributed by atoms with Crippen LogP contribution in [0.25, 0.3) is 10.9 Å². The van der Waals surface area contributed by atoms with Crippen LogP contribution < -0.4 is 5.73 Å². The van der Waals surface area contributed by atoms with Crippen molar-refractivity contribution in [1.29, 1.82) is 0 Å². The monoisotopic (exact) mass is 258 g/mol. The Balaban J connectivity index is 2.49. The highest BCUT2D eigenvalue weighted by molar-refractivity contribution is 5.82. The lowest BCUT2D eigenvalue weighted by molar-refractivity contribution is -0.00216. The molecule has 2 aromatic rings. The summed E-state index contributed by atoms with van der Waals surface area (Å²) in [7, 11) is 1.72. The summed E-state index contributed by atoms with van der Waals surface area (Å²) in [6.07, 6.45) is 1.75. The Morgan fingerprint density at radius 2 is 1.84 bits per heavy atom. The lowest BCUT2D eigenvalue weighted by Gasteiger charge is -2.34. The van der Waals surface area contributed by atoms with Crippen molar-refractivity contribution in [2.24, 2.45) is 11.1 Å². The molecule has 3 nitrogen and oxygen atoms in total. The van der Waals surface area contributed by atoms with Gasteiger partial charge in [-0.2, -0.15) is 0 Å². The number of hydrogen-bond acceptors (Lipinski definition) is 3. The molecular weight excluding hydrogens is 236 g/mol. The van der Waals surface area contributed by atoms with E-state index >= 15 is 0 Å². The predicted octanol–water partition coefficient (Wildman–Crippen LogP) is 3.30. The standard InChI is InChI=1S/C16H22N2O/c1-16(2,3)15(19-4)13(17)12-9-5-7-11-8-6-10-18-14(11)12/h5-10,13,15H,17H2,1-4H3. The second-order valence-electron chi connectivity index (χ2n) is 5.97. The predicted molar refractivity (Wildman–Crippen MR) is 78.9 cm³/mol. The molecule has 0 saturated carbocycles. The maximum atomic E-state index is 6.44. The Morgan fingerprint density at radius 3 is 2.47 bits per heavy atom. The molecule has 0 saturated heterocycles. The zero-order valence-corrected chi connectivity index (χ0v) is 12.1. The molecule has 1 aromatic carbocycles. The second-order valence-corrected chi connectivity index (χ2v) is 5.97. The van der Waals surface area contributed by atoms with Crippen LogP contribution in [0, 0.1) is 5.41 Å². The Kier molecular flexibility index (Phi) is 3.88. The normalized spacial score (nSPS) is 15.4.